The zero-order valence-corrected chi connectivity index (χ0v) is 11.5. The Bertz CT molecular complexity index is 410. The minimum absolute atomic E-state index is 0.103. The number of likely N-dealkylation sites (tertiary alicyclic amines) is 1. The molecule has 0 saturated carbocycles. The molecule has 1 aliphatic carbocycles. The maximum atomic E-state index is 13.0. The summed E-state index contributed by atoms with van der Waals surface area (Å²) in [5, 5.41) is 0. The van der Waals surface area contributed by atoms with Gasteiger partial charge in [-0.2, -0.15) is 0 Å². The zero-order chi connectivity index (χ0) is 13.9. The average Bonchev–Trinajstić information content (AvgIpc) is 2.85. The van der Waals surface area contributed by atoms with Gasteiger partial charge in [0.05, 0.1) is 19.6 Å². The molecule has 1 fully saturated rings. The van der Waals surface area contributed by atoms with Gasteiger partial charge < -0.3 is 17.2 Å². The normalized spacial score (nSPS) is 29.3. The molecule has 5 nitrogen and oxygen atoms in total. The Morgan fingerprint density at radius 3 is 2.63 bits per heavy atom. The number of quaternary nitrogens is 1. The smallest absolute Gasteiger partial charge is 0.338 e. The van der Waals surface area contributed by atoms with Gasteiger partial charge in [0.25, 0.3) is 0 Å². The highest BCUT2D eigenvalue weighted by molar-refractivity contribution is 5.84. The highest BCUT2D eigenvalue weighted by Gasteiger charge is 2.49. The number of hydrogen-bond donors (Lipinski definition) is 3. The standard InChI is InChI=1S/C14H25N4O/c15-7-4-10-18(8-1-2-9-18)13(19)14(17)6-3-5-12(16)11-14/h3,5,11H,1-2,4,6-10,15-17H2/q+1. The second-order valence-electron chi connectivity index (χ2n) is 5.76. The number of carbonyl (C=O) groups excluding carboxylic acids is 1. The molecule has 0 aromatic heterocycles. The first-order valence-corrected chi connectivity index (χ1v) is 7.07. The molecule has 1 saturated heterocycles. The summed E-state index contributed by atoms with van der Waals surface area (Å²) in [6.45, 7) is 3.18. The number of nitrogens with two attached hydrogens (primary N) is 3. The lowest BCUT2D eigenvalue weighted by molar-refractivity contribution is -0.843. The van der Waals surface area contributed by atoms with Crippen LogP contribution in [0.1, 0.15) is 25.7 Å². The molecule has 0 radical (unpaired) electrons. The molecule has 0 bridgehead atoms. The molecule has 0 aromatic carbocycles. The molecule has 2 rings (SSSR count). The lowest BCUT2D eigenvalue weighted by Crippen LogP contribution is -2.64. The van der Waals surface area contributed by atoms with Crippen LogP contribution in [0, 0.1) is 0 Å². The van der Waals surface area contributed by atoms with Gasteiger partial charge in [0.1, 0.15) is 0 Å². The summed E-state index contributed by atoms with van der Waals surface area (Å²) >= 11 is 0. The third-order valence-corrected chi connectivity index (χ3v) is 4.23. The van der Waals surface area contributed by atoms with E-state index < -0.39 is 5.54 Å². The summed E-state index contributed by atoms with van der Waals surface area (Å²) in [5.41, 5.74) is 17.4. The minimum Gasteiger partial charge on any atom is -0.399 e. The van der Waals surface area contributed by atoms with E-state index >= 15 is 0 Å². The molecule has 5 heteroatoms. The van der Waals surface area contributed by atoms with E-state index in [0.29, 0.717) is 23.1 Å². The van der Waals surface area contributed by atoms with Crippen LogP contribution >= 0.6 is 0 Å². The van der Waals surface area contributed by atoms with Crippen LogP contribution < -0.4 is 17.2 Å². The summed E-state index contributed by atoms with van der Waals surface area (Å²) in [7, 11) is 0. The van der Waals surface area contributed by atoms with Crippen molar-refractivity contribution in [3.8, 4) is 0 Å². The Morgan fingerprint density at radius 1 is 1.37 bits per heavy atom. The van der Waals surface area contributed by atoms with Crippen molar-refractivity contribution in [1.82, 2.24) is 0 Å². The Kier molecular flexibility index (Phi) is 4.08. The number of carbonyl (C=O) groups is 1. The van der Waals surface area contributed by atoms with Crippen molar-refractivity contribution in [2.75, 3.05) is 26.2 Å². The number of nitrogens with zero attached hydrogens (tertiary/aromatic N) is 1. The number of allylic oxidation sites excluding steroid dienone is 1. The van der Waals surface area contributed by atoms with Crippen molar-refractivity contribution in [3.63, 3.8) is 0 Å². The Hall–Kier alpha value is -1.17. The van der Waals surface area contributed by atoms with Gasteiger partial charge in [-0.3, -0.25) is 4.48 Å². The highest BCUT2D eigenvalue weighted by atomic mass is 16.2. The molecule has 1 amide bonds. The van der Waals surface area contributed by atoms with Crippen LogP contribution in [0.2, 0.25) is 0 Å². The van der Waals surface area contributed by atoms with Crippen molar-refractivity contribution < 1.29 is 9.28 Å². The van der Waals surface area contributed by atoms with Crippen molar-refractivity contribution in [1.29, 1.82) is 0 Å². The van der Waals surface area contributed by atoms with Gasteiger partial charge in [0.2, 0.25) is 0 Å². The van der Waals surface area contributed by atoms with Crippen LogP contribution in [-0.4, -0.2) is 42.1 Å². The van der Waals surface area contributed by atoms with Gasteiger partial charge >= 0.3 is 5.91 Å². The maximum Gasteiger partial charge on any atom is 0.338 e. The molecule has 6 N–H and O–H groups in total. The average molecular weight is 265 g/mol. The first kappa shape index (κ1) is 14.2. The third-order valence-electron chi connectivity index (χ3n) is 4.23. The fourth-order valence-corrected chi connectivity index (χ4v) is 3.25. The van der Waals surface area contributed by atoms with E-state index in [1.165, 1.54) is 0 Å². The lowest BCUT2D eigenvalue weighted by Gasteiger charge is -2.38. The van der Waals surface area contributed by atoms with E-state index in [9.17, 15) is 4.79 Å². The first-order chi connectivity index (χ1) is 9.02. The minimum atomic E-state index is -0.947. The van der Waals surface area contributed by atoms with Gasteiger partial charge in [-0.1, -0.05) is 6.08 Å². The topological polar surface area (TPSA) is 95.1 Å². The maximum absolute atomic E-state index is 13.0. The Labute approximate surface area is 114 Å². The van der Waals surface area contributed by atoms with Gasteiger partial charge in [-0.25, -0.2) is 4.79 Å². The molecule has 2 aliphatic rings. The Morgan fingerprint density at radius 2 is 2.05 bits per heavy atom. The van der Waals surface area contributed by atoms with Gasteiger partial charge in [0, 0.05) is 31.4 Å². The summed E-state index contributed by atoms with van der Waals surface area (Å²) in [4.78, 5) is 13.0. The summed E-state index contributed by atoms with van der Waals surface area (Å²) in [6, 6.07) is 0. The molecule has 1 unspecified atom stereocenters. The van der Waals surface area contributed by atoms with Gasteiger partial charge in [-0.05, 0) is 18.7 Å². The molecule has 1 aliphatic heterocycles. The molecule has 1 atom stereocenters. The van der Waals surface area contributed by atoms with E-state index in [0.717, 1.165) is 38.9 Å². The second-order valence-corrected chi connectivity index (χ2v) is 5.76. The SMILES string of the molecule is NCCC[N+]1(C(=O)C2(N)C=C(N)C=CC2)CCCC1. The van der Waals surface area contributed by atoms with Crippen LogP contribution in [0.3, 0.4) is 0 Å². The van der Waals surface area contributed by atoms with Crippen LogP contribution in [0.25, 0.3) is 0 Å². The predicted molar refractivity (Wildman–Crippen MR) is 75.7 cm³/mol. The molecule has 19 heavy (non-hydrogen) atoms. The van der Waals surface area contributed by atoms with Crippen LogP contribution in [0.15, 0.2) is 23.9 Å². The first-order valence-electron chi connectivity index (χ1n) is 7.07. The molecule has 106 valence electrons. The molecular weight excluding hydrogens is 240 g/mol. The van der Waals surface area contributed by atoms with E-state index in [1.54, 1.807) is 6.08 Å². The predicted octanol–water partition coefficient (Wildman–Crippen LogP) is -0.0276. The molecule has 1 heterocycles. The fourth-order valence-electron chi connectivity index (χ4n) is 3.25. The quantitative estimate of drug-likeness (QED) is 0.622. The third kappa shape index (κ3) is 2.73. The zero-order valence-electron chi connectivity index (χ0n) is 11.5. The summed E-state index contributed by atoms with van der Waals surface area (Å²) < 4.78 is 0.477. The number of amides is 1. The van der Waals surface area contributed by atoms with E-state index in [2.05, 4.69) is 0 Å². The van der Waals surface area contributed by atoms with Crippen molar-refractivity contribution in [2.24, 2.45) is 17.2 Å². The van der Waals surface area contributed by atoms with Crippen LogP contribution in [0.5, 0.6) is 0 Å². The van der Waals surface area contributed by atoms with E-state index in [-0.39, 0.29) is 5.91 Å². The molecular formula is C14H25N4O+. The molecule has 0 spiro atoms. The lowest BCUT2D eigenvalue weighted by atomic mass is 9.88. The van der Waals surface area contributed by atoms with Gasteiger partial charge in [0.15, 0.2) is 5.54 Å². The Balaban J connectivity index is 2.22. The summed E-state index contributed by atoms with van der Waals surface area (Å²) in [6.07, 6.45) is 8.99. The highest BCUT2D eigenvalue weighted by Crippen LogP contribution is 2.28. The number of rotatable bonds is 4. The largest absolute Gasteiger partial charge is 0.399 e. The van der Waals surface area contributed by atoms with Crippen molar-refractivity contribution in [2.45, 2.75) is 31.2 Å². The van der Waals surface area contributed by atoms with Crippen LogP contribution in [-0.2, 0) is 4.79 Å². The van der Waals surface area contributed by atoms with Crippen molar-refractivity contribution in [3.05, 3.63) is 23.9 Å². The summed E-state index contributed by atoms with van der Waals surface area (Å²) in [5.74, 6) is 0.103. The molecule has 0 aromatic rings. The monoisotopic (exact) mass is 265 g/mol. The second kappa shape index (κ2) is 5.45. The van der Waals surface area contributed by atoms with Crippen LogP contribution in [0.4, 0.5) is 0 Å². The van der Waals surface area contributed by atoms with E-state index in [1.807, 2.05) is 12.2 Å². The fraction of sp³-hybridized carbons (Fsp3) is 0.643. The van der Waals surface area contributed by atoms with Gasteiger partial charge in [-0.15, -0.1) is 0 Å². The number of hydrogen-bond acceptors (Lipinski definition) is 4. The van der Waals surface area contributed by atoms with Crippen molar-refractivity contribution >= 4 is 5.91 Å². The van der Waals surface area contributed by atoms with E-state index in [4.69, 9.17) is 17.2 Å².